The van der Waals surface area contributed by atoms with Crippen LogP contribution in [0.15, 0.2) is 29.2 Å². The number of esters is 1. The van der Waals surface area contributed by atoms with Gasteiger partial charge in [0.25, 0.3) is 5.56 Å². The molecule has 0 spiro atoms. The molecule has 0 aliphatic heterocycles. The molecule has 0 fully saturated rings. The molecule has 0 saturated heterocycles. The first-order chi connectivity index (χ1) is 7.70. The molecular formula is C10H9N3O3. The van der Waals surface area contributed by atoms with Crippen LogP contribution in [0.2, 0.25) is 0 Å². The third-order valence-electron chi connectivity index (χ3n) is 2.07. The summed E-state index contributed by atoms with van der Waals surface area (Å²) in [5.74, 6) is -0.455. The molecule has 0 saturated carbocycles. The van der Waals surface area contributed by atoms with Gasteiger partial charge in [-0.15, -0.1) is 0 Å². The van der Waals surface area contributed by atoms with E-state index in [-0.39, 0.29) is 5.56 Å². The SMILES string of the molecule is COC(=O)c1ccc(-c2cn[nH]c(=O)c2)[nH]1. The summed E-state index contributed by atoms with van der Waals surface area (Å²) >= 11 is 0. The Morgan fingerprint density at radius 3 is 2.94 bits per heavy atom. The fourth-order valence-corrected chi connectivity index (χ4v) is 1.32. The minimum absolute atomic E-state index is 0.299. The van der Waals surface area contributed by atoms with Crippen molar-refractivity contribution >= 4 is 5.97 Å². The maximum atomic E-state index is 11.2. The molecule has 2 aromatic heterocycles. The molecule has 0 bridgehead atoms. The largest absolute Gasteiger partial charge is 0.464 e. The lowest BCUT2D eigenvalue weighted by Crippen LogP contribution is -2.06. The van der Waals surface area contributed by atoms with E-state index in [9.17, 15) is 9.59 Å². The van der Waals surface area contributed by atoms with E-state index in [0.29, 0.717) is 17.0 Å². The Morgan fingerprint density at radius 2 is 2.25 bits per heavy atom. The first-order valence-corrected chi connectivity index (χ1v) is 4.53. The van der Waals surface area contributed by atoms with Crippen molar-refractivity contribution in [2.24, 2.45) is 0 Å². The second-order valence-corrected chi connectivity index (χ2v) is 3.11. The van der Waals surface area contributed by atoms with E-state index in [1.165, 1.54) is 19.4 Å². The normalized spacial score (nSPS) is 10.1. The smallest absolute Gasteiger partial charge is 0.354 e. The van der Waals surface area contributed by atoms with Crippen LogP contribution in [-0.4, -0.2) is 28.3 Å². The Hall–Kier alpha value is -2.37. The maximum absolute atomic E-state index is 11.2. The van der Waals surface area contributed by atoms with Crippen molar-refractivity contribution in [1.82, 2.24) is 15.2 Å². The summed E-state index contributed by atoms with van der Waals surface area (Å²) < 4.78 is 4.56. The van der Waals surface area contributed by atoms with Crippen LogP contribution in [0.25, 0.3) is 11.3 Å². The highest BCUT2D eigenvalue weighted by molar-refractivity contribution is 5.88. The van der Waals surface area contributed by atoms with Crippen LogP contribution >= 0.6 is 0 Å². The molecule has 0 aliphatic carbocycles. The number of H-pyrrole nitrogens is 2. The zero-order valence-corrected chi connectivity index (χ0v) is 8.48. The molecule has 0 aromatic carbocycles. The van der Waals surface area contributed by atoms with Crippen LogP contribution in [0, 0.1) is 0 Å². The number of aromatic nitrogens is 3. The van der Waals surface area contributed by atoms with E-state index < -0.39 is 5.97 Å². The molecule has 6 heteroatoms. The number of ether oxygens (including phenoxy) is 1. The predicted octanol–water partition coefficient (Wildman–Crippen LogP) is 0.552. The third kappa shape index (κ3) is 1.85. The second-order valence-electron chi connectivity index (χ2n) is 3.11. The van der Waals surface area contributed by atoms with Crippen LogP contribution in [0.4, 0.5) is 0 Å². The predicted molar refractivity (Wildman–Crippen MR) is 56.0 cm³/mol. The van der Waals surface area contributed by atoms with Gasteiger partial charge in [-0.05, 0) is 12.1 Å². The average Bonchev–Trinajstić information content (AvgIpc) is 2.77. The standard InChI is InChI=1S/C10H9N3O3/c1-16-10(15)8-3-2-7(12-8)6-4-9(14)13-11-5-6/h2-5,12H,1H3,(H,13,14). The number of hydrogen-bond donors (Lipinski definition) is 2. The summed E-state index contributed by atoms with van der Waals surface area (Å²) in [5.41, 5.74) is 1.28. The lowest BCUT2D eigenvalue weighted by atomic mass is 10.2. The highest BCUT2D eigenvalue weighted by atomic mass is 16.5. The molecular weight excluding hydrogens is 210 g/mol. The number of aromatic amines is 2. The van der Waals surface area contributed by atoms with Gasteiger partial charge in [0.1, 0.15) is 5.69 Å². The van der Waals surface area contributed by atoms with E-state index in [4.69, 9.17) is 0 Å². The highest BCUT2D eigenvalue weighted by Gasteiger charge is 2.09. The molecule has 0 unspecified atom stereocenters. The van der Waals surface area contributed by atoms with Crippen molar-refractivity contribution in [3.8, 4) is 11.3 Å². The van der Waals surface area contributed by atoms with Gasteiger partial charge in [-0.25, -0.2) is 9.89 Å². The number of nitrogens with one attached hydrogen (secondary N) is 2. The molecule has 16 heavy (non-hydrogen) atoms. The highest BCUT2D eigenvalue weighted by Crippen LogP contribution is 2.15. The maximum Gasteiger partial charge on any atom is 0.354 e. The van der Waals surface area contributed by atoms with E-state index in [1.807, 2.05) is 0 Å². The molecule has 2 aromatic rings. The van der Waals surface area contributed by atoms with Crippen LogP contribution in [0.5, 0.6) is 0 Å². The van der Waals surface area contributed by atoms with Crippen LogP contribution in [0.3, 0.4) is 0 Å². The van der Waals surface area contributed by atoms with E-state index in [2.05, 4.69) is 19.9 Å². The summed E-state index contributed by atoms with van der Waals surface area (Å²) in [6.45, 7) is 0. The Labute approximate surface area is 90.3 Å². The van der Waals surface area contributed by atoms with Gasteiger partial charge in [-0.2, -0.15) is 5.10 Å². The Morgan fingerprint density at radius 1 is 1.44 bits per heavy atom. The summed E-state index contributed by atoms with van der Waals surface area (Å²) in [4.78, 5) is 25.1. The van der Waals surface area contributed by atoms with Crippen molar-refractivity contribution in [3.05, 3.63) is 40.4 Å². The van der Waals surface area contributed by atoms with Gasteiger partial charge in [0.15, 0.2) is 0 Å². The van der Waals surface area contributed by atoms with E-state index in [1.54, 1.807) is 12.1 Å². The summed E-state index contributed by atoms with van der Waals surface area (Å²) in [6.07, 6.45) is 1.49. The van der Waals surface area contributed by atoms with Gasteiger partial charge >= 0.3 is 5.97 Å². The summed E-state index contributed by atoms with van der Waals surface area (Å²) in [5, 5.41) is 5.93. The Bertz CT molecular complexity index is 570. The fourth-order valence-electron chi connectivity index (χ4n) is 1.32. The van der Waals surface area contributed by atoms with Crippen LogP contribution in [0.1, 0.15) is 10.5 Å². The minimum atomic E-state index is -0.455. The van der Waals surface area contributed by atoms with Gasteiger partial charge in [-0.3, -0.25) is 4.79 Å². The number of carbonyl (C=O) groups excluding carboxylic acids is 1. The molecule has 82 valence electrons. The van der Waals surface area contributed by atoms with Gasteiger partial charge in [0.2, 0.25) is 0 Å². The van der Waals surface area contributed by atoms with Crippen molar-refractivity contribution in [1.29, 1.82) is 0 Å². The number of methoxy groups -OCH3 is 1. The molecule has 6 nitrogen and oxygen atoms in total. The van der Waals surface area contributed by atoms with Crippen LogP contribution < -0.4 is 5.56 Å². The van der Waals surface area contributed by atoms with Crippen LogP contribution in [-0.2, 0) is 4.74 Å². The number of rotatable bonds is 2. The Balaban J connectivity index is 2.39. The van der Waals surface area contributed by atoms with Crippen molar-refractivity contribution in [3.63, 3.8) is 0 Å². The monoisotopic (exact) mass is 219 g/mol. The first-order valence-electron chi connectivity index (χ1n) is 4.53. The zero-order valence-electron chi connectivity index (χ0n) is 8.48. The van der Waals surface area contributed by atoms with Gasteiger partial charge in [0.05, 0.1) is 13.3 Å². The number of hydrogen-bond acceptors (Lipinski definition) is 4. The number of nitrogens with zero attached hydrogens (tertiary/aromatic N) is 1. The molecule has 0 radical (unpaired) electrons. The van der Waals surface area contributed by atoms with Gasteiger partial charge in [0, 0.05) is 17.3 Å². The lowest BCUT2D eigenvalue weighted by molar-refractivity contribution is 0.0595. The average molecular weight is 219 g/mol. The van der Waals surface area contributed by atoms with Crippen molar-refractivity contribution in [2.75, 3.05) is 7.11 Å². The minimum Gasteiger partial charge on any atom is -0.464 e. The quantitative estimate of drug-likeness (QED) is 0.722. The van der Waals surface area contributed by atoms with Gasteiger partial charge in [-0.1, -0.05) is 0 Å². The molecule has 0 aliphatic rings. The molecule has 2 heterocycles. The Kier molecular flexibility index (Phi) is 2.55. The third-order valence-corrected chi connectivity index (χ3v) is 2.07. The molecule has 0 atom stereocenters. The topological polar surface area (TPSA) is 87.8 Å². The number of carbonyl (C=O) groups is 1. The van der Waals surface area contributed by atoms with E-state index >= 15 is 0 Å². The summed E-state index contributed by atoms with van der Waals surface area (Å²) in [6, 6.07) is 4.66. The first kappa shape index (κ1) is 10.2. The molecule has 2 rings (SSSR count). The second kappa shape index (κ2) is 4.01. The summed E-state index contributed by atoms with van der Waals surface area (Å²) in [7, 11) is 1.30. The van der Waals surface area contributed by atoms with Crippen molar-refractivity contribution in [2.45, 2.75) is 0 Å². The fraction of sp³-hybridized carbons (Fsp3) is 0.100. The van der Waals surface area contributed by atoms with Crippen molar-refractivity contribution < 1.29 is 9.53 Å². The lowest BCUT2D eigenvalue weighted by Gasteiger charge is -1.96. The molecule has 0 amide bonds. The van der Waals surface area contributed by atoms with Gasteiger partial charge < -0.3 is 9.72 Å². The zero-order chi connectivity index (χ0) is 11.5. The molecule has 2 N–H and O–H groups in total. The van der Waals surface area contributed by atoms with E-state index in [0.717, 1.165) is 0 Å².